The summed E-state index contributed by atoms with van der Waals surface area (Å²) in [6, 6.07) is 13.3. The Balaban J connectivity index is 1.41. The van der Waals surface area contributed by atoms with Crippen molar-refractivity contribution in [3.8, 4) is 0 Å². The second kappa shape index (κ2) is 10.4. The van der Waals surface area contributed by atoms with Crippen molar-refractivity contribution in [3.63, 3.8) is 0 Å². The van der Waals surface area contributed by atoms with E-state index < -0.39 is 0 Å². The number of piperazine rings is 1. The fourth-order valence-corrected chi connectivity index (χ4v) is 3.70. The molecule has 6 nitrogen and oxygen atoms in total. The van der Waals surface area contributed by atoms with Crippen LogP contribution in [0.4, 0.5) is 5.69 Å². The summed E-state index contributed by atoms with van der Waals surface area (Å²) in [7, 11) is 0. The number of carbonyl (C=O) groups excluding carboxylic acids is 3. The van der Waals surface area contributed by atoms with E-state index in [1.165, 1.54) is 0 Å². The molecule has 164 valence electrons. The molecule has 6 heteroatoms. The monoisotopic (exact) mass is 421 g/mol. The second-order valence-corrected chi connectivity index (χ2v) is 8.24. The Bertz CT molecular complexity index is 945. The van der Waals surface area contributed by atoms with Gasteiger partial charge in [-0.1, -0.05) is 42.0 Å². The number of nitrogens with one attached hydrogen (secondary N) is 1. The molecule has 1 aliphatic heterocycles. The highest BCUT2D eigenvalue weighted by Crippen LogP contribution is 2.18. The van der Waals surface area contributed by atoms with Crippen LogP contribution in [0.3, 0.4) is 0 Å². The molecule has 2 aromatic carbocycles. The molecule has 1 aliphatic rings. The molecule has 1 heterocycles. The fraction of sp³-hybridized carbons (Fsp3) is 0.400. The van der Waals surface area contributed by atoms with Gasteiger partial charge in [0, 0.05) is 50.3 Å². The van der Waals surface area contributed by atoms with Gasteiger partial charge in [-0.25, -0.2) is 0 Å². The molecular weight excluding hydrogens is 390 g/mol. The van der Waals surface area contributed by atoms with E-state index in [-0.39, 0.29) is 30.4 Å². The van der Waals surface area contributed by atoms with E-state index in [0.717, 1.165) is 22.4 Å². The lowest BCUT2D eigenvalue weighted by Gasteiger charge is -2.34. The second-order valence-electron chi connectivity index (χ2n) is 8.24. The lowest BCUT2D eigenvalue weighted by Crippen LogP contribution is -2.50. The lowest BCUT2D eigenvalue weighted by atomic mass is 10.0. The number of carbonyl (C=O) groups is 3. The Morgan fingerprint density at radius 2 is 1.55 bits per heavy atom. The molecule has 0 aromatic heterocycles. The van der Waals surface area contributed by atoms with Gasteiger partial charge in [0.05, 0.1) is 6.54 Å². The van der Waals surface area contributed by atoms with E-state index in [4.69, 9.17) is 0 Å². The Morgan fingerprint density at radius 1 is 0.871 bits per heavy atom. The molecule has 2 aromatic rings. The average molecular weight is 422 g/mol. The van der Waals surface area contributed by atoms with Crippen LogP contribution in [-0.4, -0.2) is 60.1 Å². The van der Waals surface area contributed by atoms with E-state index in [2.05, 4.69) is 10.2 Å². The zero-order chi connectivity index (χ0) is 22.4. The SMILES string of the molecule is Cc1ccc(C(=O)CCC(=O)N2CCN(CC(=O)Nc3cccc(C)c3C)CC2)cc1. The maximum Gasteiger partial charge on any atom is 0.238 e. The topological polar surface area (TPSA) is 69.7 Å². The number of Topliss-reactive ketones (excluding diaryl/α,β-unsaturated/α-hetero) is 1. The van der Waals surface area contributed by atoms with Gasteiger partial charge in [0.2, 0.25) is 11.8 Å². The summed E-state index contributed by atoms with van der Waals surface area (Å²) in [6.07, 6.45) is 0.445. The molecule has 1 fully saturated rings. The van der Waals surface area contributed by atoms with Gasteiger partial charge in [0.15, 0.2) is 5.78 Å². The standard InChI is InChI=1S/C25H31N3O3/c1-18-7-9-21(10-8-18)23(29)11-12-25(31)28-15-13-27(14-16-28)17-24(30)26-22-6-4-5-19(2)20(22)3/h4-10H,11-17H2,1-3H3,(H,26,30). The van der Waals surface area contributed by atoms with Crippen LogP contribution in [0.15, 0.2) is 42.5 Å². The molecule has 0 radical (unpaired) electrons. The quantitative estimate of drug-likeness (QED) is 0.696. The molecule has 0 spiro atoms. The number of nitrogens with zero attached hydrogens (tertiary/aromatic N) is 2. The van der Waals surface area contributed by atoms with Crippen LogP contribution in [0.25, 0.3) is 0 Å². The maximum atomic E-state index is 12.5. The maximum absolute atomic E-state index is 12.5. The third-order valence-electron chi connectivity index (χ3n) is 5.91. The summed E-state index contributed by atoms with van der Waals surface area (Å²) in [4.78, 5) is 41.1. The Morgan fingerprint density at radius 3 is 2.23 bits per heavy atom. The molecule has 31 heavy (non-hydrogen) atoms. The molecular formula is C25H31N3O3. The minimum atomic E-state index is -0.0443. The fourth-order valence-electron chi connectivity index (χ4n) is 3.70. The van der Waals surface area contributed by atoms with Crippen LogP contribution in [0.1, 0.15) is 39.9 Å². The predicted octanol–water partition coefficient (Wildman–Crippen LogP) is 3.36. The van der Waals surface area contributed by atoms with Crippen molar-refractivity contribution in [2.24, 2.45) is 0 Å². The first kappa shape index (κ1) is 22.7. The van der Waals surface area contributed by atoms with Crippen molar-refractivity contribution in [2.75, 3.05) is 38.0 Å². The van der Waals surface area contributed by atoms with Gasteiger partial charge in [-0.2, -0.15) is 0 Å². The van der Waals surface area contributed by atoms with Gasteiger partial charge in [-0.05, 0) is 38.0 Å². The van der Waals surface area contributed by atoms with Crippen LogP contribution in [-0.2, 0) is 9.59 Å². The first-order chi connectivity index (χ1) is 14.8. The van der Waals surface area contributed by atoms with Crippen molar-refractivity contribution in [2.45, 2.75) is 33.6 Å². The summed E-state index contributed by atoms with van der Waals surface area (Å²) in [5.74, 6) is -0.0489. The third-order valence-corrected chi connectivity index (χ3v) is 5.91. The number of anilines is 1. The lowest BCUT2D eigenvalue weighted by molar-refractivity contribution is -0.133. The van der Waals surface area contributed by atoms with E-state index in [9.17, 15) is 14.4 Å². The number of hydrogen-bond acceptors (Lipinski definition) is 4. The molecule has 2 amide bonds. The Hall–Kier alpha value is -2.99. The summed E-state index contributed by atoms with van der Waals surface area (Å²) in [6.45, 7) is 8.76. The number of aryl methyl sites for hydroxylation is 2. The van der Waals surface area contributed by atoms with Gasteiger partial charge in [0.25, 0.3) is 0 Å². The normalized spacial score (nSPS) is 14.4. The minimum Gasteiger partial charge on any atom is -0.340 e. The largest absolute Gasteiger partial charge is 0.340 e. The summed E-state index contributed by atoms with van der Waals surface area (Å²) >= 11 is 0. The highest BCUT2D eigenvalue weighted by atomic mass is 16.2. The number of amides is 2. The summed E-state index contributed by atoms with van der Waals surface area (Å²) in [5.41, 5.74) is 4.82. The molecule has 1 N–H and O–H groups in total. The molecule has 0 saturated carbocycles. The number of rotatable bonds is 7. The van der Waals surface area contributed by atoms with Gasteiger partial charge in [0.1, 0.15) is 0 Å². The number of benzene rings is 2. The van der Waals surface area contributed by atoms with Gasteiger partial charge in [-0.15, -0.1) is 0 Å². The summed E-state index contributed by atoms with van der Waals surface area (Å²) < 4.78 is 0. The smallest absolute Gasteiger partial charge is 0.238 e. The van der Waals surface area contributed by atoms with Crippen molar-refractivity contribution >= 4 is 23.3 Å². The van der Waals surface area contributed by atoms with Crippen molar-refractivity contribution < 1.29 is 14.4 Å². The Kier molecular flexibility index (Phi) is 7.58. The summed E-state index contributed by atoms with van der Waals surface area (Å²) in [5, 5.41) is 2.99. The molecule has 0 atom stereocenters. The molecule has 3 rings (SSSR count). The molecule has 0 bridgehead atoms. The number of hydrogen-bond donors (Lipinski definition) is 1. The van der Waals surface area contributed by atoms with Gasteiger partial charge in [-0.3, -0.25) is 19.3 Å². The predicted molar refractivity (Wildman–Crippen MR) is 122 cm³/mol. The highest BCUT2D eigenvalue weighted by Gasteiger charge is 2.23. The van der Waals surface area contributed by atoms with E-state index in [1.807, 2.05) is 63.2 Å². The van der Waals surface area contributed by atoms with Crippen LogP contribution in [0.5, 0.6) is 0 Å². The van der Waals surface area contributed by atoms with Crippen molar-refractivity contribution in [3.05, 3.63) is 64.7 Å². The molecule has 1 saturated heterocycles. The highest BCUT2D eigenvalue weighted by molar-refractivity contribution is 5.98. The van der Waals surface area contributed by atoms with Gasteiger partial charge >= 0.3 is 0 Å². The van der Waals surface area contributed by atoms with Crippen LogP contribution in [0, 0.1) is 20.8 Å². The average Bonchev–Trinajstić information content (AvgIpc) is 2.76. The van der Waals surface area contributed by atoms with Crippen LogP contribution >= 0.6 is 0 Å². The van der Waals surface area contributed by atoms with E-state index >= 15 is 0 Å². The number of ketones is 1. The minimum absolute atomic E-state index is 0.0000474. The molecule has 0 unspecified atom stereocenters. The van der Waals surface area contributed by atoms with Crippen molar-refractivity contribution in [1.82, 2.24) is 9.80 Å². The Labute approximate surface area is 184 Å². The van der Waals surface area contributed by atoms with E-state index in [1.54, 1.807) is 4.90 Å². The van der Waals surface area contributed by atoms with Crippen molar-refractivity contribution in [1.29, 1.82) is 0 Å². The first-order valence-electron chi connectivity index (χ1n) is 10.8. The first-order valence-corrected chi connectivity index (χ1v) is 10.8. The zero-order valence-corrected chi connectivity index (χ0v) is 18.6. The molecule has 0 aliphatic carbocycles. The zero-order valence-electron chi connectivity index (χ0n) is 18.6. The van der Waals surface area contributed by atoms with Gasteiger partial charge < -0.3 is 10.2 Å². The van der Waals surface area contributed by atoms with Crippen LogP contribution < -0.4 is 5.32 Å². The van der Waals surface area contributed by atoms with E-state index in [0.29, 0.717) is 38.3 Å². The third kappa shape index (κ3) is 6.25. The van der Waals surface area contributed by atoms with Crippen LogP contribution in [0.2, 0.25) is 0 Å².